The third kappa shape index (κ3) is 2.44. The zero-order valence-corrected chi connectivity index (χ0v) is 5.40. The molecule has 8 heavy (non-hydrogen) atoms. The lowest BCUT2D eigenvalue weighted by atomic mass is 9.58. The molecule has 2 saturated heterocycles. The molecule has 0 saturated carbocycles. The topological polar surface area (TPSA) is 0 Å². The molecular weight excluding hydrogens is 93.7 g/mol. The van der Waals surface area contributed by atoms with Crippen LogP contribution in [-0.4, -0.2) is 14.6 Å². The van der Waals surface area contributed by atoms with Gasteiger partial charge in [0.25, 0.3) is 0 Å². The Morgan fingerprint density at radius 2 is 0.750 bits per heavy atom. The van der Waals surface area contributed by atoms with Crippen LogP contribution in [0.25, 0.3) is 0 Å². The molecule has 2 rings (SSSR count). The average Bonchev–Trinajstić information content (AvgIpc) is 1.12. The molecule has 2 fully saturated rings. The minimum Gasteiger partial charge on any atom is -0.0810 e. The Hall–Kier alpha value is 0.130. The molecule has 0 nitrogen and oxygen atoms in total. The molecular formula is C6H12B2. The van der Waals surface area contributed by atoms with Crippen molar-refractivity contribution < 1.29 is 0 Å². The maximum absolute atomic E-state index is 2.31. The predicted octanol–water partition coefficient (Wildman–Crippen LogP) is 1.86. The van der Waals surface area contributed by atoms with Crippen LogP contribution in [0, 0.1) is 0 Å². The van der Waals surface area contributed by atoms with E-state index in [1.807, 2.05) is 0 Å². The van der Waals surface area contributed by atoms with Gasteiger partial charge in [-0.25, -0.2) is 0 Å². The fourth-order valence-corrected chi connectivity index (χ4v) is 0.408. The van der Waals surface area contributed by atoms with Crippen molar-refractivity contribution in [3.63, 3.8) is 0 Å². The van der Waals surface area contributed by atoms with Crippen LogP contribution in [0.15, 0.2) is 0 Å². The normalized spacial score (nSPS) is 22.0. The van der Waals surface area contributed by atoms with Gasteiger partial charge < -0.3 is 0 Å². The van der Waals surface area contributed by atoms with E-state index in [0.29, 0.717) is 0 Å². The molecule has 2 heterocycles. The fourth-order valence-electron chi connectivity index (χ4n) is 0.408. The summed E-state index contributed by atoms with van der Waals surface area (Å²) in [5.41, 5.74) is 0. The Morgan fingerprint density at radius 3 is 0.750 bits per heavy atom. The summed E-state index contributed by atoms with van der Waals surface area (Å²) < 4.78 is 0. The van der Waals surface area contributed by atoms with Crippen molar-refractivity contribution in [2.45, 2.75) is 38.1 Å². The van der Waals surface area contributed by atoms with Crippen molar-refractivity contribution in [3.05, 3.63) is 0 Å². The van der Waals surface area contributed by atoms with Gasteiger partial charge >= 0.3 is 0 Å². The highest BCUT2D eigenvalue weighted by Gasteiger charge is 1.98. The van der Waals surface area contributed by atoms with E-state index in [9.17, 15) is 0 Å². The summed E-state index contributed by atoms with van der Waals surface area (Å²) >= 11 is 0. The highest BCUT2D eigenvalue weighted by Crippen LogP contribution is 2.07. The monoisotopic (exact) mass is 106 g/mol. The van der Waals surface area contributed by atoms with Crippen molar-refractivity contribution in [3.8, 4) is 0 Å². The van der Waals surface area contributed by atoms with E-state index < -0.39 is 0 Å². The van der Waals surface area contributed by atoms with Crippen LogP contribution in [-0.2, 0) is 0 Å². The first-order valence-corrected chi connectivity index (χ1v) is 3.63. The second kappa shape index (κ2) is 4.05. The summed E-state index contributed by atoms with van der Waals surface area (Å²) in [7, 11) is 4.61. The minimum absolute atomic E-state index is 1.38. The van der Waals surface area contributed by atoms with Gasteiger partial charge in [-0.3, -0.25) is 0 Å². The first-order valence-electron chi connectivity index (χ1n) is 3.63. The van der Waals surface area contributed by atoms with Gasteiger partial charge in [0.05, 0.1) is 0 Å². The van der Waals surface area contributed by atoms with Gasteiger partial charge in [0.2, 0.25) is 0 Å². The maximum atomic E-state index is 2.31. The number of hydrogen-bond donors (Lipinski definition) is 0. The fraction of sp³-hybridized carbons (Fsp3) is 1.00. The Labute approximate surface area is 53.5 Å². The molecule has 2 aliphatic rings. The van der Waals surface area contributed by atoms with E-state index in [2.05, 4.69) is 14.6 Å². The zero-order chi connectivity index (χ0) is 5.66. The molecule has 0 aromatic heterocycles. The summed E-state index contributed by atoms with van der Waals surface area (Å²) in [5, 5.41) is 0. The highest BCUT2D eigenvalue weighted by atomic mass is 13.8. The first-order chi connectivity index (χ1) is 4.00. The molecule has 2 aliphatic heterocycles. The van der Waals surface area contributed by atoms with Crippen molar-refractivity contribution in [2.24, 2.45) is 0 Å². The summed E-state index contributed by atoms with van der Waals surface area (Å²) in [5.74, 6) is 0. The Kier molecular flexibility index (Phi) is 3.17. The van der Waals surface area contributed by atoms with Crippen molar-refractivity contribution >= 4 is 14.6 Å². The number of rotatable bonds is 0. The van der Waals surface area contributed by atoms with Gasteiger partial charge in [-0.05, 0) is 0 Å². The van der Waals surface area contributed by atoms with Gasteiger partial charge in [0, 0.05) is 0 Å². The molecule has 0 aliphatic carbocycles. The minimum atomic E-state index is 1.38. The average molecular weight is 106 g/mol. The van der Waals surface area contributed by atoms with E-state index in [4.69, 9.17) is 0 Å². The van der Waals surface area contributed by atoms with Crippen LogP contribution in [0.1, 0.15) is 12.8 Å². The van der Waals surface area contributed by atoms with E-state index in [1.165, 1.54) is 38.1 Å². The lowest BCUT2D eigenvalue weighted by Gasteiger charge is -2.03. The van der Waals surface area contributed by atoms with Crippen LogP contribution in [0.4, 0.5) is 0 Å². The summed E-state index contributed by atoms with van der Waals surface area (Å²) in [4.78, 5) is 0. The smallest absolute Gasteiger partial charge is 0.0810 e. The molecule has 0 bridgehead atoms. The zero-order valence-electron chi connectivity index (χ0n) is 5.40. The second-order valence-electron chi connectivity index (χ2n) is 2.44. The van der Waals surface area contributed by atoms with Crippen LogP contribution in [0.2, 0.25) is 25.3 Å². The molecule has 0 N–H and O–H groups in total. The molecule has 0 aromatic carbocycles. The predicted molar refractivity (Wildman–Crippen MR) is 40.0 cm³/mol. The molecule has 42 valence electrons. The largest absolute Gasteiger partial charge is 0.109 e. The second-order valence-corrected chi connectivity index (χ2v) is 2.44. The standard InChI is InChI=1S/2C3H6B/c2*1-2-4-3-1/h2*1-3H2. The molecule has 0 amide bonds. The number of hydrogen-bond acceptors (Lipinski definition) is 0. The SMILES string of the molecule is [B]1CCC1.[B]1CCC1. The van der Waals surface area contributed by atoms with Crippen molar-refractivity contribution in [2.75, 3.05) is 0 Å². The van der Waals surface area contributed by atoms with Crippen LogP contribution >= 0.6 is 0 Å². The lowest BCUT2D eigenvalue weighted by Crippen LogP contribution is -1.98. The van der Waals surface area contributed by atoms with Gasteiger partial charge in [0.15, 0.2) is 0 Å². The van der Waals surface area contributed by atoms with Crippen LogP contribution < -0.4 is 0 Å². The summed E-state index contributed by atoms with van der Waals surface area (Å²) in [6, 6.07) is 0. The molecule has 0 unspecified atom stereocenters. The summed E-state index contributed by atoms with van der Waals surface area (Å²) in [6.45, 7) is 0. The van der Waals surface area contributed by atoms with E-state index >= 15 is 0 Å². The van der Waals surface area contributed by atoms with Gasteiger partial charge in [-0.1, -0.05) is 38.1 Å². The molecule has 0 aromatic rings. The van der Waals surface area contributed by atoms with Gasteiger partial charge in [0.1, 0.15) is 14.6 Å². The molecule has 2 heteroatoms. The Bertz CT molecular complexity index is 30.5. The van der Waals surface area contributed by atoms with E-state index in [-0.39, 0.29) is 0 Å². The van der Waals surface area contributed by atoms with Crippen molar-refractivity contribution in [1.29, 1.82) is 0 Å². The van der Waals surface area contributed by atoms with Gasteiger partial charge in [-0.2, -0.15) is 0 Å². The van der Waals surface area contributed by atoms with Crippen molar-refractivity contribution in [1.82, 2.24) is 0 Å². The Morgan fingerprint density at radius 1 is 0.625 bits per heavy atom. The summed E-state index contributed by atoms with van der Waals surface area (Å²) in [6.07, 6.45) is 8.39. The van der Waals surface area contributed by atoms with Crippen LogP contribution in [0.5, 0.6) is 0 Å². The first kappa shape index (κ1) is 6.25. The van der Waals surface area contributed by atoms with E-state index in [0.717, 1.165) is 0 Å². The van der Waals surface area contributed by atoms with E-state index in [1.54, 1.807) is 0 Å². The van der Waals surface area contributed by atoms with Crippen LogP contribution in [0.3, 0.4) is 0 Å². The highest BCUT2D eigenvalue weighted by molar-refractivity contribution is 6.39. The molecule has 0 spiro atoms. The maximum Gasteiger partial charge on any atom is 0.109 e. The third-order valence-electron chi connectivity index (χ3n) is 1.63. The quantitative estimate of drug-likeness (QED) is 0.413. The third-order valence-corrected chi connectivity index (χ3v) is 1.63. The molecule has 2 radical (unpaired) electrons. The Balaban J connectivity index is 0.0000000800. The van der Waals surface area contributed by atoms with Gasteiger partial charge in [-0.15, -0.1) is 0 Å². The lowest BCUT2D eigenvalue weighted by molar-refractivity contribution is 0.971. The molecule has 0 atom stereocenters.